The fourth-order valence-electron chi connectivity index (χ4n) is 3.13. The Morgan fingerprint density at radius 2 is 2.12 bits per heavy atom. The smallest absolute Gasteiger partial charge is 0.253 e. The molecule has 0 radical (unpaired) electrons. The van der Waals surface area contributed by atoms with E-state index >= 15 is 0 Å². The van der Waals surface area contributed by atoms with Crippen LogP contribution in [0.25, 0.3) is 11.1 Å². The topological polar surface area (TPSA) is 42.4 Å². The van der Waals surface area contributed by atoms with Crippen molar-refractivity contribution in [1.29, 1.82) is 0 Å². The molecule has 1 aromatic heterocycles. The molecular formula is C20H23FN2O2. The van der Waals surface area contributed by atoms with Gasteiger partial charge in [-0.1, -0.05) is 19.1 Å². The lowest BCUT2D eigenvalue weighted by atomic mass is 10.0. The summed E-state index contributed by atoms with van der Waals surface area (Å²) in [5, 5.41) is 0. The molecule has 1 saturated heterocycles. The van der Waals surface area contributed by atoms with E-state index in [-0.39, 0.29) is 17.8 Å². The lowest BCUT2D eigenvalue weighted by Gasteiger charge is -2.32. The zero-order valence-electron chi connectivity index (χ0n) is 14.5. The number of benzene rings is 1. The van der Waals surface area contributed by atoms with Crippen LogP contribution in [0.4, 0.5) is 4.39 Å². The van der Waals surface area contributed by atoms with Crippen molar-refractivity contribution >= 4 is 5.91 Å². The molecule has 0 saturated carbocycles. The van der Waals surface area contributed by atoms with E-state index in [1.54, 1.807) is 36.5 Å². The van der Waals surface area contributed by atoms with Crippen LogP contribution in [-0.4, -0.2) is 41.6 Å². The maximum Gasteiger partial charge on any atom is 0.253 e. The van der Waals surface area contributed by atoms with Gasteiger partial charge >= 0.3 is 0 Å². The Labute approximate surface area is 147 Å². The van der Waals surface area contributed by atoms with Gasteiger partial charge in [0.15, 0.2) is 0 Å². The van der Waals surface area contributed by atoms with E-state index in [0.29, 0.717) is 17.7 Å². The average Bonchev–Trinajstić information content (AvgIpc) is 2.66. The molecule has 1 atom stereocenters. The number of pyridine rings is 1. The Bertz CT molecular complexity index is 718. The van der Waals surface area contributed by atoms with E-state index in [2.05, 4.69) is 11.9 Å². The fourth-order valence-corrected chi connectivity index (χ4v) is 3.13. The summed E-state index contributed by atoms with van der Waals surface area (Å²) in [4.78, 5) is 18.3. The number of carbonyl (C=O) groups excluding carboxylic acids is 1. The van der Waals surface area contributed by atoms with Gasteiger partial charge in [-0.2, -0.15) is 0 Å². The zero-order valence-corrected chi connectivity index (χ0v) is 14.5. The van der Waals surface area contributed by atoms with Gasteiger partial charge in [-0.15, -0.1) is 0 Å². The van der Waals surface area contributed by atoms with E-state index in [1.807, 2.05) is 4.90 Å². The first-order valence-corrected chi connectivity index (χ1v) is 8.80. The van der Waals surface area contributed by atoms with Gasteiger partial charge in [0.25, 0.3) is 5.91 Å². The molecule has 3 rings (SSSR count). The van der Waals surface area contributed by atoms with Crippen LogP contribution in [0, 0.1) is 5.82 Å². The lowest BCUT2D eigenvalue weighted by Crippen LogP contribution is -2.43. The quantitative estimate of drug-likeness (QED) is 0.827. The third-order valence-electron chi connectivity index (χ3n) is 4.44. The second-order valence-corrected chi connectivity index (χ2v) is 6.32. The van der Waals surface area contributed by atoms with E-state index in [9.17, 15) is 9.18 Å². The third kappa shape index (κ3) is 4.23. The highest BCUT2D eigenvalue weighted by Crippen LogP contribution is 2.23. The van der Waals surface area contributed by atoms with E-state index in [1.165, 1.54) is 6.20 Å². The maximum atomic E-state index is 13.8. The Kier molecular flexibility index (Phi) is 5.76. The molecule has 4 nitrogen and oxygen atoms in total. The summed E-state index contributed by atoms with van der Waals surface area (Å²) in [6, 6.07) is 8.70. The molecule has 0 spiro atoms. The molecule has 0 N–H and O–H groups in total. The van der Waals surface area contributed by atoms with Crippen molar-refractivity contribution in [3.8, 4) is 11.1 Å². The maximum absolute atomic E-state index is 13.8. The van der Waals surface area contributed by atoms with Gasteiger partial charge in [-0.25, -0.2) is 4.39 Å². The van der Waals surface area contributed by atoms with Gasteiger partial charge in [-0.3, -0.25) is 9.78 Å². The molecule has 1 aromatic carbocycles. The summed E-state index contributed by atoms with van der Waals surface area (Å²) in [6.45, 7) is 4.21. The minimum Gasteiger partial charge on any atom is -0.376 e. The van der Waals surface area contributed by atoms with Gasteiger partial charge in [0.2, 0.25) is 0 Å². The number of likely N-dealkylation sites (tertiary alicyclic amines) is 1. The Morgan fingerprint density at radius 1 is 1.32 bits per heavy atom. The number of nitrogens with zero attached hydrogens (tertiary/aromatic N) is 2. The normalized spacial score (nSPS) is 17.5. The molecule has 0 bridgehead atoms. The second kappa shape index (κ2) is 8.21. The largest absolute Gasteiger partial charge is 0.376 e. The van der Waals surface area contributed by atoms with Crippen LogP contribution in [0.1, 0.15) is 36.5 Å². The van der Waals surface area contributed by atoms with E-state index < -0.39 is 0 Å². The predicted molar refractivity (Wildman–Crippen MR) is 94.8 cm³/mol. The summed E-state index contributed by atoms with van der Waals surface area (Å²) in [5.74, 6) is -0.361. The number of hydrogen-bond acceptors (Lipinski definition) is 3. The first-order valence-electron chi connectivity index (χ1n) is 8.80. The Balaban J connectivity index is 1.69. The highest BCUT2D eigenvalue weighted by molar-refractivity contribution is 5.94. The van der Waals surface area contributed by atoms with Gasteiger partial charge in [0.05, 0.1) is 12.3 Å². The predicted octanol–water partition coefficient (Wildman–Crippen LogP) is 3.92. The summed E-state index contributed by atoms with van der Waals surface area (Å²) in [5.41, 5.74) is 1.84. The van der Waals surface area contributed by atoms with Gasteiger partial charge < -0.3 is 9.64 Å². The van der Waals surface area contributed by atoms with Crippen molar-refractivity contribution in [3.63, 3.8) is 0 Å². The van der Waals surface area contributed by atoms with Crippen molar-refractivity contribution in [2.24, 2.45) is 0 Å². The van der Waals surface area contributed by atoms with Crippen LogP contribution in [0.2, 0.25) is 0 Å². The number of piperidine rings is 1. The number of rotatable bonds is 5. The Morgan fingerprint density at radius 3 is 2.84 bits per heavy atom. The second-order valence-electron chi connectivity index (χ2n) is 6.32. The van der Waals surface area contributed by atoms with E-state index in [0.717, 1.165) is 38.0 Å². The highest BCUT2D eigenvalue weighted by Gasteiger charge is 2.24. The third-order valence-corrected chi connectivity index (χ3v) is 4.44. The van der Waals surface area contributed by atoms with Crippen LogP contribution < -0.4 is 0 Å². The molecule has 1 amide bonds. The lowest BCUT2D eigenvalue weighted by molar-refractivity contribution is 0.00211. The Hall–Kier alpha value is -2.27. The van der Waals surface area contributed by atoms with Crippen LogP contribution in [0.3, 0.4) is 0 Å². The molecule has 1 unspecified atom stereocenters. The van der Waals surface area contributed by atoms with Crippen LogP contribution in [0.15, 0.2) is 42.7 Å². The molecule has 1 aliphatic heterocycles. The molecule has 5 heteroatoms. The minimum absolute atomic E-state index is 0.00606. The first kappa shape index (κ1) is 17.5. The number of ether oxygens (including phenoxy) is 1. The molecule has 132 valence electrons. The van der Waals surface area contributed by atoms with Crippen LogP contribution in [0.5, 0.6) is 0 Å². The van der Waals surface area contributed by atoms with Crippen molar-refractivity contribution in [1.82, 2.24) is 9.88 Å². The number of hydrogen-bond donors (Lipinski definition) is 0. The summed E-state index contributed by atoms with van der Waals surface area (Å²) in [7, 11) is 0. The monoisotopic (exact) mass is 342 g/mol. The van der Waals surface area contributed by atoms with Crippen molar-refractivity contribution in [2.75, 3.05) is 19.7 Å². The molecule has 2 heterocycles. The first-order chi connectivity index (χ1) is 12.2. The number of carbonyl (C=O) groups is 1. The van der Waals surface area contributed by atoms with Crippen molar-refractivity contribution < 1.29 is 13.9 Å². The zero-order chi connectivity index (χ0) is 17.6. The SMILES string of the molecule is CCCOC1CCCN(C(=O)c2ccc(-c3ccncc3F)cc2)C1. The van der Waals surface area contributed by atoms with Gasteiger partial charge in [0.1, 0.15) is 5.82 Å². The van der Waals surface area contributed by atoms with Crippen LogP contribution >= 0.6 is 0 Å². The van der Waals surface area contributed by atoms with Gasteiger partial charge in [-0.05, 0) is 43.0 Å². The minimum atomic E-state index is -0.367. The van der Waals surface area contributed by atoms with Gasteiger partial charge in [0, 0.05) is 37.0 Å². The van der Waals surface area contributed by atoms with Crippen molar-refractivity contribution in [3.05, 3.63) is 54.1 Å². The molecule has 2 aromatic rings. The van der Waals surface area contributed by atoms with Crippen LogP contribution in [-0.2, 0) is 4.74 Å². The average molecular weight is 342 g/mol. The standard InChI is InChI=1S/C20H23FN2O2/c1-2-12-25-17-4-3-11-23(14-17)20(24)16-7-5-15(6-8-16)18-9-10-22-13-19(18)21/h5-10,13,17H,2-4,11-12,14H2,1H3. The molecule has 1 aliphatic rings. The molecule has 0 aliphatic carbocycles. The number of aromatic nitrogens is 1. The van der Waals surface area contributed by atoms with Crippen molar-refractivity contribution in [2.45, 2.75) is 32.3 Å². The fraction of sp³-hybridized carbons (Fsp3) is 0.400. The highest BCUT2D eigenvalue weighted by atomic mass is 19.1. The summed E-state index contributed by atoms with van der Waals surface area (Å²) in [6.07, 6.45) is 5.82. The summed E-state index contributed by atoms with van der Waals surface area (Å²) >= 11 is 0. The molecule has 25 heavy (non-hydrogen) atoms. The van der Waals surface area contributed by atoms with E-state index in [4.69, 9.17) is 4.74 Å². The molecular weight excluding hydrogens is 319 g/mol. The number of halogens is 1. The summed E-state index contributed by atoms with van der Waals surface area (Å²) < 4.78 is 19.6. The molecule has 1 fully saturated rings. The number of amides is 1.